The van der Waals surface area contributed by atoms with Crippen LogP contribution in [-0.2, 0) is 28.7 Å². The number of aliphatic hydroxyl groups is 3. The molecule has 2 rings (SSSR count). The number of carbonyl (C=O) groups excluding carboxylic acids is 3. The Kier molecular flexibility index (Phi) is 20.6. The highest BCUT2D eigenvalue weighted by atomic mass is 16.5. The number of aliphatic hydroxyl groups excluding tert-OH is 1. The van der Waals surface area contributed by atoms with Crippen molar-refractivity contribution in [2.24, 2.45) is 29.6 Å². The molecule has 308 valence electrons. The van der Waals surface area contributed by atoms with Gasteiger partial charge in [0.15, 0.2) is 0 Å². The fourth-order valence-electron chi connectivity index (χ4n) is 8.28. The summed E-state index contributed by atoms with van der Waals surface area (Å²) in [7, 11) is 3.29. The van der Waals surface area contributed by atoms with Gasteiger partial charge in [0, 0.05) is 39.0 Å². The van der Waals surface area contributed by atoms with E-state index in [1.165, 1.54) is 19.6 Å². The van der Waals surface area contributed by atoms with Gasteiger partial charge < -0.3 is 34.8 Å². The number of aliphatic carboxylic acids is 1. The normalized spacial score (nSPS) is 23.5. The van der Waals surface area contributed by atoms with Crippen molar-refractivity contribution in [1.82, 2.24) is 4.90 Å². The fourth-order valence-corrected chi connectivity index (χ4v) is 8.28. The second-order valence-electron chi connectivity index (χ2n) is 16.5. The number of nitrogens with zero attached hydrogens (tertiary/aromatic N) is 1. The Bertz CT molecular complexity index is 1290. The molecule has 0 aromatic heterocycles. The number of Topliss-reactive ketones (excluding diaryl/α,β-unsaturated/α-hetero) is 2. The van der Waals surface area contributed by atoms with Gasteiger partial charge in [0.1, 0.15) is 11.8 Å². The lowest BCUT2D eigenvalue weighted by atomic mass is 9.84. The molecule has 0 spiro atoms. The van der Waals surface area contributed by atoms with Crippen LogP contribution in [-0.4, -0.2) is 99.7 Å². The first-order valence-electron chi connectivity index (χ1n) is 20.2. The third-order valence-electron chi connectivity index (χ3n) is 11.7. The predicted octanol–water partition coefficient (Wildman–Crippen LogP) is 6.58. The first-order chi connectivity index (χ1) is 25.4. The largest absolute Gasteiger partial charge is 0.480 e. The molecule has 1 aliphatic carbocycles. The number of ether oxygens (including phenoxy) is 2. The molecule has 9 atom stereocenters. The van der Waals surface area contributed by atoms with Gasteiger partial charge in [-0.1, -0.05) is 69.4 Å². The average Bonchev–Trinajstić information content (AvgIpc) is 3.13. The third-order valence-corrected chi connectivity index (χ3v) is 11.7. The van der Waals surface area contributed by atoms with Crippen molar-refractivity contribution in [1.29, 1.82) is 0 Å². The molecule has 2 fully saturated rings. The van der Waals surface area contributed by atoms with Gasteiger partial charge >= 0.3 is 5.97 Å². The SMILES string of the molecule is C=CCC(C=C(C)CC(C)CCCC(CC(C)C(O)(O)C(=O)C(=O)N1CCCCC1C(=O)O)OC)C(=O)CC(O)C(C)CC(C)=CC1CCCC(OC)C1. The van der Waals surface area contributed by atoms with Gasteiger partial charge in [-0.3, -0.25) is 14.4 Å². The zero-order valence-electron chi connectivity index (χ0n) is 34.1. The number of ketones is 2. The van der Waals surface area contributed by atoms with E-state index >= 15 is 0 Å². The lowest BCUT2D eigenvalue weighted by molar-refractivity contribution is -0.208. The minimum atomic E-state index is -2.96. The Morgan fingerprint density at radius 2 is 1.65 bits per heavy atom. The zero-order chi connectivity index (χ0) is 40.6. The summed E-state index contributed by atoms with van der Waals surface area (Å²) in [4.78, 5) is 51.8. The molecule has 9 unspecified atom stereocenters. The van der Waals surface area contributed by atoms with Crippen molar-refractivity contribution in [3.8, 4) is 0 Å². The molecule has 11 heteroatoms. The molecule has 4 N–H and O–H groups in total. The van der Waals surface area contributed by atoms with Crippen LogP contribution in [0.15, 0.2) is 36.0 Å². The predicted molar refractivity (Wildman–Crippen MR) is 209 cm³/mol. The van der Waals surface area contributed by atoms with Crippen molar-refractivity contribution < 1.29 is 49.1 Å². The van der Waals surface area contributed by atoms with E-state index in [1.54, 1.807) is 13.2 Å². The first kappa shape index (κ1) is 47.5. The van der Waals surface area contributed by atoms with E-state index < -0.39 is 47.6 Å². The van der Waals surface area contributed by atoms with Crippen LogP contribution in [0.3, 0.4) is 0 Å². The highest BCUT2D eigenvalue weighted by Crippen LogP contribution is 2.31. The van der Waals surface area contributed by atoms with Crippen molar-refractivity contribution in [3.63, 3.8) is 0 Å². The quantitative estimate of drug-likeness (QED) is 0.0479. The molecule has 1 aliphatic heterocycles. The van der Waals surface area contributed by atoms with E-state index in [0.29, 0.717) is 43.6 Å². The Balaban J connectivity index is 1.87. The number of carboxylic acids is 1. The molecule has 1 saturated heterocycles. The summed E-state index contributed by atoms with van der Waals surface area (Å²) < 4.78 is 11.2. The van der Waals surface area contributed by atoms with E-state index in [0.717, 1.165) is 61.8 Å². The van der Waals surface area contributed by atoms with Crippen molar-refractivity contribution in [3.05, 3.63) is 36.0 Å². The van der Waals surface area contributed by atoms with Crippen LogP contribution >= 0.6 is 0 Å². The number of likely N-dealkylation sites (tertiary alicyclic amines) is 1. The second kappa shape index (κ2) is 23.4. The minimum absolute atomic E-state index is 0.0109. The number of methoxy groups -OCH3 is 2. The van der Waals surface area contributed by atoms with E-state index in [1.807, 2.05) is 19.9 Å². The third kappa shape index (κ3) is 15.1. The standard InChI is InChI=1S/C43H71NO10/c1-9-14-34(39(46)27-38(45)31(5)22-30(4)23-33-16-13-18-36(26-33)54-8)24-29(3)21-28(2)15-12-17-35(53-7)25-32(6)43(51,52)40(47)41(48)44-20-11-10-19-37(44)42(49)50/h9,23-24,28,31-38,45,51-52H,1,10-22,25-27H2,2-8H3,(H,49,50). The maximum atomic E-state index is 13.4. The summed E-state index contributed by atoms with van der Waals surface area (Å²) in [5.74, 6) is -7.43. The van der Waals surface area contributed by atoms with Gasteiger partial charge in [-0.05, 0) is 102 Å². The maximum Gasteiger partial charge on any atom is 0.326 e. The molecule has 0 aromatic carbocycles. The Labute approximate surface area is 324 Å². The monoisotopic (exact) mass is 762 g/mol. The Morgan fingerprint density at radius 3 is 2.28 bits per heavy atom. The molecule has 1 saturated carbocycles. The van der Waals surface area contributed by atoms with Crippen molar-refractivity contribution >= 4 is 23.4 Å². The summed E-state index contributed by atoms with van der Waals surface area (Å²) in [6.45, 7) is 13.7. The molecule has 0 aromatic rings. The van der Waals surface area contributed by atoms with Gasteiger partial charge in [-0.2, -0.15) is 0 Å². The highest BCUT2D eigenvalue weighted by molar-refractivity contribution is 6.39. The lowest BCUT2D eigenvalue weighted by Gasteiger charge is -2.35. The van der Waals surface area contributed by atoms with Crippen LogP contribution in [0, 0.1) is 29.6 Å². The van der Waals surface area contributed by atoms with Crippen LogP contribution in [0.5, 0.6) is 0 Å². The fraction of sp³-hybridized carbons (Fsp3) is 0.767. The van der Waals surface area contributed by atoms with Crippen molar-refractivity contribution in [2.45, 2.75) is 161 Å². The summed E-state index contributed by atoms with van der Waals surface area (Å²) >= 11 is 0. The molecule has 0 radical (unpaired) electrons. The summed E-state index contributed by atoms with van der Waals surface area (Å²) in [5, 5.41) is 42.0. The van der Waals surface area contributed by atoms with Crippen LogP contribution in [0.4, 0.5) is 0 Å². The van der Waals surface area contributed by atoms with Gasteiger partial charge in [0.25, 0.3) is 11.7 Å². The second-order valence-corrected chi connectivity index (χ2v) is 16.5. The number of carbonyl (C=O) groups is 4. The zero-order valence-corrected chi connectivity index (χ0v) is 34.1. The van der Waals surface area contributed by atoms with E-state index in [-0.39, 0.29) is 43.4 Å². The first-order valence-corrected chi connectivity index (χ1v) is 20.2. The summed E-state index contributed by atoms with van der Waals surface area (Å²) in [5.41, 5.74) is 2.34. The topological polar surface area (TPSA) is 171 Å². The molecular weight excluding hydrogens is 690 g/mol. The molecule has 1 amide bonds. The number of piperidine rings is 1. The number of hydrogen-bond acceptors (Lipinski definition) is 9. The van der Waals surface area contributed by atoms with Gasteiger partial charge in [-0.15, -0.1) is 6.58 Å². The van der Waals surface area contributed by atoms with Crippen LogP contribution in [0.2, 0.25) is 0 Å². The number of carboxylic acid groups (broad SMARTS) is 1. The smallest absolute Gasteiger partial charge is 0.326 e. The maximum absolute atomic E-state index is 13.4. The van der Waals surface area contributed by atoms with Gasteiger partial charge in [-0.25, -0.2) is 4.79 Å². The van der Waals surface area contributed by atoms with Gasteiger partial charge in [0.2, 0.25) is 5.79 Å². The molecule has 0 bridgehead atoms. The number of hydrogen-bond donors (Lipinski definition) is 4. The Morgan fingerprint density at radius 1 is 0.944 bits per heavy atom. The minimum Gasteiger partial charge on any atom is -0.480 e. The van der Waals surface area contributed by atoms with Crippen LogP contribution < -0.4 is 0 Å². The Hall–Kier alpha value is -2.70. The highest BCUT2D eigenvalue weighted by Gasteiger charge is 2.47. The number of allylic oxidation sites excluding steroid dienone is 5. The van der Waals surface area contributed by atoms with E-state index in [2.05, 4.69) is 26.5 Å². The lowest BCUT2D eigenvalue weighted by Crippen LogP contribution is -2.57. The van der Waals surface area contributed by atoms with Crippen LogP contribution in [0.25, 0.3) is 0 Å². The van der Waals surface area contributed by atoms with Gasteiger partial charge in [0.05, 0.1) is 18.3 Å². The van der Waals surface area contributed by atoms with Crippen molar-refractivity contribution in [2.75, 3.05) is 20.8 Å². The average molecular weight is 762 g/mol. The molecule has 54 heavy (non-hydrogen) atoms. The number of amides is 1. The molecular formula is C43H71NO10. The molecule has 1 heterocycles. The van der Waals surface area contributed by atoms with Crippen LogP contribution in [0.1, 0.15) is 131 Å². The molecule has 11 nitrogen and oxygen atoms in total. The van der Waals surface area contributed by atoms with E-state index in [4.69, 9.17) is 9.47 Å². The summed E-state index contributed by atoms with van der Waals surface area (Å²) in [6, 6.07) is -1.16. The number of rotatable bonds is 24. The summed E-state index contributed by atoms with van der Waals surface area (Å²) in [6.07, 6.45) is 15.6. The molecule has 2 aliphatic rings. The van der Waals surface area contributed by atoms with E-state index in [9.17, 15) is 39.6 Å².